The number of nitrogens with one attached hydrogen (secondary N) is 3. The minimum absolute atomic E-state index is 0.145. The van der Waals surface area contributed by atoms with Crippen molar-refractivity contribution < 1.29 is 14.6 Å². The number of carbonyl (C=O) groups excluding carboxylic acids is 1. The lowest BCUT2D eigenvalue weighted by atomic mass is 10.1. The van der Waals surface area contributed by atoms with Gasteiger partial charge < -0.3 is 25.4 Å². The van der Waals surface area contributed by atoms with Gasteiger partial charge in [0.05, 0.1) is 30.0 Å². The normalized spacial score (nSPS) is 13.6. The number of carbonyl (C=O) groups is 1. The summed E-state index contributed by atoms with van der Waals surface area (Å²) in [6, 6.07) is 12.5. The van der Waals surface area contributed by atoms with Crippen LogP contribution in [0.4, 0.5) is 23.0 Å². The second-order valence-corrected chi connectivity index (χ2v) is 8.21. The SMILES string of the molecule is C=CC(=O)Nc1cccc(-c2nc(Nc3ccc(N4CCOCC4)c(O)c3)nc3n[nH]c(Cl)c23)c1. The Morgan fingerprint density at radius 1 is 1.17 bits per heavy atom. The molecular formula is C24H22ClN7O3. The van der Waals surface area contributed by atoms with Gasteiger partial charge in [0.2, 0.25) is 11.9 Å². The molecule has 11 heteroatoms. The summed E-state index contributed by atoms with van der Waals surface area (Å²) in [5.41, 5.74) is 3.54. The fourth-order valence-electron chi connectivity index (χ4n) is 3.89. The zero-order valence-corrected chi connectivity index (χ0v) is 19.3. The molecule has 5 rings (SSSR count). The molecule has 1 fully saturated rings. The number of rotatable bonds is 6. The molecule has 4 N–H and O–H groups in total. The number of phenolic OH excluding ortho intramolecular Hbond substituents is 1. The van der Waals surface area contributed by atoms with Crippen molar-refractivity contribution in [3.63, 3.8) is 0 Å². The monoisotopic (exact) mass is 491 g/mol. The van der Waals surface area contributed by atoms with Crippen LogP contribution in [0, 0.1) is 0 Å². The molecule has 0 atom stereocenters. The number of halogens is 1. The summed E-state index contributed by atoms with van der Waals surface area (Å²) in [6.07, 6.45) is 1.20. The van der Waals surface area contributed by atoms with E-state index in [9.17, 15) is 9.90 Å². The Labute approximate surface area is 205 Å². The van der Waals surface area contributed by atoms with Gasteiger partial charge in [-0.15, -0.1) is 0 Å². The van der Waals surface area contributed by atoms with Crippen molar-refractivity contribution >= 4 is 51.6 Å². The minimum atomic E-state index is -0.320. The minimum Gasteiger partial charge on any atom is -0.506 e. The molecule has 1 aliphatic rings. The van der Waals surface area contributed by atoms with Crippen molar-refractivity contribution in [1.82, 2.24) is 20.2 Å². The van der Waals surface area contributed by atoms with Crippen LogP contribution < -0.4 is 15.5 Å². The standard InChI is InChI=1S/C24H22ClN7O3/c1-2-19(34)26-15-5-3-4-14(12-15)21-20-22(25)30-31-23(20)29-24(28-21)27-16-6-7-17(18(33)13-16)32-8-10-35-11-9-32/h2-7,12-13,33H,1,8-11H2,(H,26,34)(H2,27,28,29,30,31). The summed E-state index contributed by atoms with van der Waals surface area (Å²) >= 11 is 6.35. The van der Waals surface area contributed by atoms with Crippen LogP contribution in [0.2, 0.25) is 5.15 Å². The Hall–Kier alpha value is -4.15. The Bertz CT molecular complexity index is 1420. The molecule has 35 heavy (non-hydrogen) atoms. The fraction of sp³-hybridized carbons (Fsp3) is 0.167. The number of morpholine rings is 1. The average Bonchev–Trinajstić information content (AvgIpc) is 3.24. The number of benzene rings is 2. The number of ether oxygens (including phenoxy) is 1. The average molecular weight is 492 g/mol. The van der Waals surface area contributed by atoms with Gasteiger partial charge in [0.1, 0.15) is 10.9 Å². The topological polar surface area (TPSA) is 128 Å². The third-order valence-electron chi connectivity index (χ3n) is 5.54. The Kier molecular flexibility index (Phi) is 6.21. The molecule has 178 valence electrons. The lowest BCUT2D eigenvalue weighted by Gasteiger charge is -2.29. The van der Waals surface area contributed by atoms with Crippen LogP contribution in [0.3, 0.4) is 0 Å². The first-order valence-electron chi connectivity index (χ1n) is 10.9. The van der Waals surface area contributed by atoms with Crippen molar-refractivity contribution in [2.75, 3.05) is 41.8 Å². The van der Waals surface area contributed by atoms with E-state index in [1.165, 1.54) is 6.08 Å². The third-order valence-corrected chi connectivity index (χ3v) is 5.82. The first kappa shape index (κ1) is 22.6. The number of aromatic nitrogens is 4. The molecular weight excluding hydrogens is 470 g/mol. The molecule has 1 saturated heterocycles. The van der Waals surface area contributed by atoms with Crippen LogP contribution in [-0.4, -0.2) is 57.5 Å². The van der Waals surface area contributed by atoms with Gasteiger partial charge in [0.15, 0.2) is 5.65 Å². The Balaban J connectivity index is 1.49. The molecule has 2 aromatic carbocycles. The van der Waals surface area contributed by atoms with E-state index >= 15 is 0 Å². The molecule has 0 radical (unpaired) electrons. The number of fused-ring (bicyclic) bond motifs is 1. The number of H-pyrrole nitrogens is 1. The number of aromatic amines is 1. The Morgan fingerprint density at radius 3 is 2.77 bits per heavy atom. The number of phenols is 1. The molecule has 0 saturated carbocycles. The summed E-state index contributed by atoms with van der Waals surface area (Å²) < 4.78 is 5.39. The van der Waals surface area contributed by atoms with Crippen molar-refractivity contribution in [2.24, 2.45) is 0 Å². The lowest BCUT2D eigenvalue weighted by Crippen LogP contribution is -2.36. The highest BCUT2D eigenvalue weighted by atomic mass is 35.5. The molecule has 1 aliphatic heterocycles. The number of anilines is 4. The van der Waals surface area contributed by atoms with Gasteiger partial charge >= 0.3 is 0 Å². The summed E-state index contributed by atoms with van der Waals surface area (Å²) in [7, 11) is 0. The summed E-state index contributed by atoms with van der Waals surface area (Å²) in [4.78, 5) is 22.9. The summed E-state index contributed by atoms with van der Waals surface area (Å²) in [6.45, 7) is 6.16. The van der Waals surface area contributed by atoms with E-state index in [4.69, 9.17) is 16.3 Å². The van der Waals surface area contributed by atoms with Crippen LogP contribution in [-0.2, 0) is 9.53 Å². The zero-order chi connectivity index (χ0) is 24.4. The number of hydrogen-bond acceptors (Lipinski definition) is 8. The van der Waals surface area contributed by atoms with Crippen LogP contribution >= 0.6 is 11.6 Å². The molecule has 0 aliphatic carbocycles. The Morgan fingerprint density at radius 2 is 2.00 bits per heavy atom. The molecule has 3 heterocycles. The number of amides is 1. The summed E-state index contributed by atoms with van der Waals surface area (Å²) in [5, 5.41) is 24.3. The van der Waals surface area contributed by atoms with Crippen molar-refractivity contribution in [2.45, 2.75) is 0 Å². The number of aromatic hydroxyl groups is 1. The number of hydrogen-bond donors (Lipinski definition) is 4. The third kappa shape index (κ3) is 4.75. The molecule has 0 unspecified atom stereocenters. The summed E-state index contributed by atoms with van der Waals surface area (Å²) in [5.74, 6) is 0.0976. The maximum Gasteiger partial charge on any atom is 0.247 e. The predicted molar refractivity (Wildman–Crippen MR) is 135 cm³/mol. The van der Waals surface area contributed by atoms with Crippen LogP contribution in [0.25, 0.3) is 22.3 Å². The molecule has 4 aromatic rings. The van der Waals surface area contributed by atoms with Gasteiger partial charge in [0, 0.05) is 36.1 Å². The van der Waals surface area contributed by atoms with Crippen molar-refractivity contribution in [3.8, 4) is 17.0 Å². The van der Waals surface area contributed by atoms with Crippen LogP contribution in [0.15, 0.2) is 55.1 Å². The van der Waals surface area contributed by atoms with Crippen molar-refractivity contribution in [1.29, 1.82) is 0 Å². The first-order chi connectivity index (χ1) is 17.0. The van der Waals surface area contributed by atoms with Gasteiger partial charge in [-0.1, -0.05) is 30.3 Å². The quantitative estimate of drug-likeness (QED) is 0.297. The van der Waals surface area contributed by atoms with Crippen LogP contribution in [0.5, 0.6) is 5.75 Å². The van der Waals surface area contributed by atoms with E-state index in [-0.39, 0.29) is 17.6 Å². The lowest BCUT2D eigenvalue weighted by molar-refractivity contribution is -0.111. The van der Waals surface area contributed by atoms with E-state index in [0.29, 0.717) is 52.0 Å². The van der Waals surface area contributed by atoms with E-state index in [1.807, 2.05) is 18.2 Å². The molecule has 2 aromatic heterocycles. The predicted octanol–water partition coefficient (Wildman–Crippen LogP) is 4.08. The highest BCUT2D eigenvalue weighted by molar-refractivity contribution is 6.35. The van der Waals surface area contributed by atoms with Gasteiger partial charge in [-0.25, -0.2) is 4.98 Å². The van der Waals surface area contributed by atoms with Crippen molar-refractivity contribution in [3.05, 3.63) is 60.3 Å². The fourth-order valence-corrected chi connectivity index (χ4v) is 4.11. The first-order valence-corrected chi connectivity index (χ1v) is 11.3. The largest absolute Gasteiger partial charge is 0.506 e. The molecule has 1 amide bonds. The maximum absolute atomic E-state index is 11.7. The highest BCUT2D eigenvalue weighted by Crippen LogP contribution is 2.34. The van der Waals surface area contributed by atoms with Gasteiger partial charge in [0.25, 0.3) is 0 Å². The molecule has 0 bridgehead atoms. The van der Waals surface area contributed by atoms with E-state index in [0.717, 1.165) is 18.8 Å². The number of nitrogens with zero attached hydrogens (tertiary/aromatic N) is 4. The second kappa shape index (κ2) is 9.61. The van der Waals surface area contributed by atoms with E-state index in [1.54, 1.807) is 24.3 Å². The second-order valence-electron chi connectivity index (χ2n) is 7.83. The molecule has 10 nitrogen and oxygen atoms in total. The molecule has 0 spiro atoms. The van der Waals surface area contributed by atoms with Crippen LogP contribution in [0.1, 0.15) is 0 Å². The van der Waals surface area contributed by atoms with Gasteiger partial charge in [-0.2, -0.15) is 10.1 Å². The zero-order valence-electron chi connectivity index (χ0n) is 18.6. The van der Waals surface area contributed by atoms with Gasteiger partial charge in [-0.05, 0) is 30.3 Å². The van der Waals surface area contributed by atoms with Gasteiger partial charge in [-0.3, -0.25) is 9.89 Å². The highest BCUT2D eigenvalue weighted by Gasteiger charge is 2.18. The van der Waals surface area contributed by atoms with E-state index in [2.05, 4.69) is 42.3 Å². The maximum atomic E-state index is 11.7. The van der Waals surface area contributed by atoms with E-state index < -0.39 is 0 Å². The smallest absolute Gasteiger partial charge is 0.247 e.